The van der Waals surface area contributed by atoms with Gasteiger partial charge >= 0.3 is 0 Å². The monoisotopic (exact) mass is 312 g/mol. The standard InChI is InChI=1S/C20H30NSi/c1-15(2)12-17-8-9-19(16(3)13-17)20-14-18(22(5,6)7)10-11-21(20)4/h8-11,13-15H,12H2,1-7H3/q+1. The Morgan fingerprint density at radius 2 is 1.73 bits per heavy atom. The van der Waals surface area contributed by atoms with Crippen molar-refractivity contribution in [3.05, 3.63) is 47.7 Å². The molecule has 0 atom stereocenters. The molecule has 2 heteroatoms. The normalized spacial score (nSPS) is 12.0. The van der Waals surface area contributed by atoms with Crippen LogP contribution < -0.4 is 9.75 Å². The minimum absolute atomic E-state index is 0.705. The highest BCUT2D eigenvalue weighted by Crippen LogP contribution is 2.22. The van der Waals surface area contributed by atoms with Crippen molar-refractivity contribution in [3.8, 4) is 11.3 Å². The third kappa shape index (κ3) is 3.86. The molecule has 0 aliphatic rings. The number of benzene rings is 1. The first-order valence-corrected chi connectivity index (χ1v) is 11.8. The van der Waals surface area contributed by atoms with Crippen LogP contribution in [0, 0.1) is 12.8 Å². The van der Waals surface area contributed by atoms with E-state index in [-0.39, 0.29) is 0 Å². The summed E-state index contributed by atoms with van der Waals surface area (Å²) in [4.78, 5) is 0. The Balaban J connectivity index is 2.48. The van der Waals surface area contributed by atoms with Gasteiger partial charge in [-0.05, 0) is 41.6 Å². The maximum Gasteiger partial charge on any atom is 0.212 e. The van der Waals surface area contributed by atoms with Gasteiger partial charge in [-0.25, -0.2) is 4.57 Å². The Labute approximate surface area is 137 Å². The molecule has 1 aromatic heterocycles. The molecule has 0 amide bonds. The maximum absolute atomic E-state index is 2.41. The molecule has 1 nitrogen and oxygen atoms in total. The van der Waals surface area contributed by atoms with Crippen molar-refractivity contribution in [1.29, 1.82) is 0 Å². The molecule has 2 aromatic rings. The average Bonchev–Trinajstić information content (AvgIpc) is 2.38. The van der Waals surface area contributed by atoms with Gasteiger partial charge in [0.15, 0.2) is 6.20 Å². The van der Waals surface area contributed by atoms with Crippen molar-refractivity contribution in [1.82, 2.24) is 0 Å². The lowest BCUT2D eigenvalue weighted by atomic mass is 9.97. The molecule has 0 unspecified atom stereocenters. The highest BCUT2D eigenvalue weighted by molar-refractivity contribution is 6.88. The van der Waals surface area contributed by atoms with Gasteiger partial charge in [0.05, 0.1) is 8.07 Å². The van der Waals surface area contributed by atoms with E-state index in [1.54, 1.807) is 0 Å². The molecule has 0 radical (unpaired) electrons. The molecule has 0 saturated carbocycles. The average molecular weight is 313 g/mol. The summed E-state index contributed by atoms with van der Waals surface area (Å²) >= 11 is 0. The molecule has 0 fully saturated rings. The van der Waals surface area contributed by atoms with E-state index in [9.17, 15) is 0 Å². The van der Waals surface area contributed by atoms with E-state index in [1.807, 2.05) is 0 Å². The van der Waals surface area contributed by atoms with E-state index in [1.165, 1.54) is 27.6 Å². The van der Waals surface area contributed by atoms with Crippen LogP contribution in [0.25, 0.3) is 11.3 Å². The van der Waals surface area contributed by atoms with E-state index < -0.39 is 8.07 Å². The predicted octanol–water partition coefficient (Wildman–Crippen LogP) is 4.23. The first-order chi connectivity index (χ1) is 10.2. The molecule has 0 spiro atoms. The first kappa shape index (κ1) is 16.9. The van der Waals surface area contributed by atoms with Crippen LogP contribution in [0.2, 0.25) is 19.6 Å². The Hall–Kier alpha value is -1.41. The quantitative estimate of drug-likeness (QED) is 0.587. The lowest BCUT2D eigenvalue weighted by Crippen LogP contribution is -2.42. The largest absolute Gasteiger partial charge is 0.212 e. The van der Waals surface area contributed by atoms with Crippen molar-refractivity contribution < 1.29 is 4.57 Å². The summed E-state index contributed by atoms with van der Waals surface area (Å²) in [5, 5.41) is 1.52. The maximum atomic E-state index is 2.41. The van der Waals surface area contributed by atoms with Crippen LogP contribution in [0.5, 0.6) is 0 Å². The van der Waals surface area contributed by atoms with Crippen molar-refractivity contribution in [2.75, 3.05) is 0 Å². The molecule has 22 heavy (non-hydrogen) atoms. The number of nitrogens with zero attached hydrogens (tertiary/aromatic N) is 1. The molecule has 0 N–H and O–H groups in total. The Morgan fingerprint density at radius 1 is 1.05 bits per heavy atom. The Bertz CT molecular complexity index is 666. The zero-order chi connectivity index (χ0) is 16.5. The number of aromatic nitrogens is 1. The summed E-state index contributed by atoms with van der Waals surface area (Å²) < 4.78 is 2.24. The first-order valence-electron chi connectivity index (χ1n) is 8.28. The molecular formula is C20H30NSi+. The minimum Gasteiger partial charge on any atom is -0.201 e. The molecule has 2 rings (SSSR count). The van der Waals surface area contributed by atoms with Gasteiger partial charge in [-0.2, -0.15) is 0 Å². The van der Waals surface area contributed by atoms with Gasteiger partial charge in [0.1, 0.15) is 7.05 Å². The fourth-order valence-corrected chi connectivity index (χ4v) is 4.06. The number of hydrogen-bond acceptors (Lipinski definition) is 0. The second kappa shape index (κ2) is 6.37. The summed E-state index contributed by atoms with van der Waals surface area (Å²) in [5.74, 6) is 0.705. The van der Waals surface area contributed by atoms with Gasteiger partial charge in [-0.15, -0.1) is 0 Å². The zero-order valence-electron chi connectivity index (χ0n) is 15.2. The van der Waals surface area contributed by atoms with Gasteiger partial charge in [-0.1, -0.05) is 45.6 Å². The number of pyridine rings is 1. The summed E-state index contributed by atoms with van der Waals surface area (Å²) in [7, 11) is 0.860. The molecule has 0 bridgehead atoms. The zero-order valence-corrected chi connectivity index (χ0v) is 16.2. The van der Waals surface area contributed by atoms with E-state index in [0.717, 1.165) is 6.42 Å². The minimum atomic E-state index is -1.28. The predicted molar refractivity (Wildman–Crippen MR) is 99.3 cm³/mol. The number of aryl methyl sites for hydroxylation is 2. The van der Waals surface area contributed by atoms with Crippen LogP contribution in [-0.4, -0.2) is 8.07 Å². The molecule has 0 saturated heterocycles. The Morgan fingerprint density at radius 3 is 2.27 bits per heavy atom. The fraction of sp³-hybridized carbons (Fsp3) is 0.450. The van der Waals surface area contributed by atoms with Crippen molar-refractivity contribution in [3.63, 3.8) is 0 Å². The van der Waals surface area contributed by atoms with Gasteiger partial charge in [0.25, 0.3) is 0 Å². The van der Waals surface area contributed by atoms with Crippen LogP contribution in [0.3, 0.4) is 0 Å². The summed E-state index contributed by atoms with van der Waals surface area (Å²) in [6.07, 6.45) is 3.37. The lowest BCUT2D eigenvalue weighted by Gasteiger charge is -2.17. The van der Waals surface area contributed by atoms with Crippen molar-refractivity contribution in [2.45, 2.75) is 46.8 Å². The van der Waals surface area contributed by atoms with Gasteiger partial charge < -0.3 is 0 Å². The number of hydrogen-bond donors (Lipinski definition) is 0. The number of rotatable bonds is 4. The molecule has 0 aliphatic carbocycles. The van der Waals surface area contributed by atoms with Crippen LogP contribution in [0.15, 0.2) is 36.5 Å². The third-order valence-electron chi connectivity index (χ3n) is 4.23. The SMILES string of the molecule is Cc1cc(CC(C)C)ccc1-c1cc([Si](C)(C)C)cc[n+]1C. The van der Waals surface area contributed by atoms with E-state index in [2.05, 4.69) is 88.6 Å². The molecular weight excluding hydrogens is 282 g/mol. The Kier molecular flexibility index (Phi) is 4.91. The molecule has 118 valence electrons. The van der Waals surface area contributed by atoms with Crippen LogP contribution in [0.1, 0.15) is 25.0 Å². The van der Waals surface area contributed by atoms with Crippen molar-refractivity contribution >= 4 is 13.3 Å². The summed E-state index contributed by atoms with van der Waals surface area (Å²) in [5.41, 5.74) is 5.50. The van der Waals surface area contributed by atoms with Crippen LogP contribution in [0.4, 0.5) is 0 Å². The lowest BCUT2D eigenvalue weighted by molar-refractivity contribution is -0.660. The smallest absolute Gasteiger partial charge is 0.201 e. The topological polar surface area (TPSA) is 3.88 Å². The van der Waals surface area contributed by atoms with E-state index >= 15 is 0 Å². The third-order valence-corrected chi connectivity index (χ3v) is 6.27. The van der Waals surface area contributed by atoms with Gasteiger partial charge in [-0.3, -0.25) is 0 Å². The van der Waals surface area contributed by atoms with Gasteiger partial charge in [0.2, 0.25) is 5.69 Å². The highest BCUT2D eigenvalue weighted by Gasteiger charge is 2.21. The van der Waals surface area contributed by atoms with Crippen molar-refractivity contribution in [2.24, 2.45) is 13.0 Å². The molecule has 0 aliphatic heterocycles. The summed E-state index contributed by atoms with van der Waals surface area (Å²) in [6, 6.07) is 11.6. The van der Waals surface area contributed by atoms with E-state index in [0.29, 0.717) is 5.92 Å². The second-order valence-electron chi connectivity index (χ2n) is 7.91. The second-order valence-corrected chi connectivity index (χ2v) is 13.0. The molecule has 1 heterocycles. The summed E-state index contributed by atoms with van der Waals surface area (Å²) in [6.45, 7) is 14.0. The fourth-order valence-electron chi connectivity index (χ4n) is 2.92. The van der Waals surface area contributed by atoms with Crippen LogP contribution >= 0.6 is 0 Å². The molecule has 1 aromatic carbocycles. The highest BCUT2D eigenvalue weighted by atomic mass is 28.3. The van der Waals surface area contributed by atoms with Crippen LogP contribution in [-0.2, 0) is 13.5 Å². The van der Waals surface area contributed by atoms with Gasteiger partial charge in [0, 0.05) is 17.7 Å². The van der Waals surface area contributed by atoms with E-state index in [4.69, 9.17) is 0 Å².